The van der Waals surface area contributed by atoms with Gasteiger partial charge in [-0.15, -0.1) is 0 Å². The molecule has 5 heteroatoms. The molecular weight excluding hydrogens is 194 g/mol. The summed E-state index contributed by atoms with van der Waals surface area (Å²) in [4.78, 5) is 16.8. The Labute approximate surface area is 85.7 Å². The molecule has 76 valence electrons. The maximum absolute atomic E-state index is 11.0. The third kappa shape index (κ3) is 2.01. The molecule has 2 rings (SSSR count). The van der Waals surface area contributed by atoms with Gasteiger partial charge in [0.05, 0.1) is 18.5 Å². The fourth-order valence-corrected chi connectivity index (χ4v) is 1.21. The van der Waals surface area contributed by atoms with Crippen LogP contribution in [-0.2, 0) is 0 Å². The zero-order valence-corrected chi connectivity index (χ0v) is 8.10. The van der Waals surface area contributed by atoms with Gasteiger partial charge >= 0.3 is 5.82 Å². The van der Waals surface area contributed by atoms with E-state index in [1.54, 1.807) is 17.0 Å². The van der Waals surface area contributed by atoms with E-state index in [1.807, 2.05) is 19.1 Å². The molecular formula is C10H9N3O2. The molecule has 1 N–H and O–H groups in total. The summed E-state index contributed by atoms with van der Waals surface area (Å²) in [6.07, 6.45) is 3.49. The van der Waals surface area contributed by atoms with E-state index in [9.17, 15) is 9.90 Å². The third-order valence-electron chi connectivity index (χ3n) is 1.97. The maximum Gasteiger partial charge on any atom is 0.334 e. The van der Waals surface area contributed by atoms with Gasteiger partial charge < -0.3 is 5.11 Å². The molecule has 0 aliphatic carbocycles. The van der Waals surface area contributed by atoms with Gasteiger partial charge in [0.25, 0.3) is 5.56 Å². The first-order valence-electron chi connectivity index (χ1n) is 4.42. The first-order valence-corrected chi connectivity index (χ1v) is 4.42. The average Bonchev–Trinajstić information content (AvgIpc) is 2.17. The Morgan fingerprint density at radius 1 is 1.40 bits per heavy atom. The number of pyridine rings is 1. The molecule has 0 aliphatic heterocycles. The number of H-pyrrole nitrogens is 1. The lowest BCUT2D eigenvalue weighted by molar-refractivity contribution is -0.600. The highest BCUT2D eigenvalue weighted by molar-refractivity contribution is 5.12. The van der Waals surface area contributed by atoms with Crippen molar-refractivity contribution < 1.29 is 9.67 Å². The Hall–Kier alpha value is -2.17. The summed E-state index contributed by atoms with van der Waals surface area (Å²) in [5.74, 6) is 0.323. The molecule has 2 aromatic rings. The van der Waals surface area contributed by atoms with Crippen LogP contribution in [0, 0.1) is 6.92 Å². The van der Waals surface area contributed by atoms with Crippen LogP contribution in [0.3, 0.4) is 0 Å². The van der Waals surface area contributed by atoms with Crippen molar-refractivity contribution in [3.8, 4) is 11.8 Å². The summed E-state index contributed by atoms with van der Waals surface area (Å²) in [6, 6.07) is 4.38. The SMILES string of the molecule is Cc1cc[n+](-c2cc(=O)[nH]c([O-])n2)cc1. The lowest BCUT2D eigenvalue weighted by Gasteiger charge is -1.99. The average molecular weight is 203 g/mol. The monoisotopic (exact) mass is 203 g/mol. The number of aromatic nitrogens is 3. The summed E-state index contributed by atoms with van der Waals surface area (Å²) in [5, 5.41) is 11.0. The quantitative estimate of drug-likeness (QED) is 0.631. The van der Waals surface area contributed by atoms with Crippen LogP contribution in [0.2, 0.25) is 0 Å². The van der Waals surface area contributed by atoms with Crippen LogP contribution < -0.4 is 15.2 Å². The van der Waals surface area contributed by atoms with Crippen molar-refractivity contribution in [2.45, 2.75) is 6.92 Å². The topological polar surface area (TPSA) is 72.7 Å². The van der Waals surface area contributed by atoms with Crippen LogP contribution in [0.15, 0.2) is 35.4 Å². The molecule has 0 aliphatic rings. The van der Waals surface area contributed by atoms with Gasteiger partial charge in [-0.25, -0.2) is 4.57 Å². The number of nitrogens with one attached hydrogen (secondary N) is 1. The summed E-state index contributed by atoms with van der Waals surface area (Å²) >= 11 is 0. The lowest BCUT2D eigenvalue weighted by atomic mass is 10.3. The molecule has 0 radical (unpaired) electrons. The standard InChI is InChI=1S/C10H9N3O2/c1-7-2-4-13(5-3-7)8-6-9(14)12-10(15)11-8/h2-6H,1H3,(H-,11,12,14,15). The highest BCUT2D eigenvalue weighted by Crippen LogP contribution is 1.95. The Balaban J connectivity index is 2.54. The fraction of sp³-hybridized carbons (Fsp3) is 0.100. The van der Waals surface area contributed by atoms with Crippen LogP contribution in [-0.4, -0.2) is 9.97 Å². The second kappa shape index (κ2) is 3.53. The van der Waals surface area contributed by atoms with E-state index in [4.69, 9.17) is 0 Å². The minimum Gasteiger partial charge on any atom is -0.826 e. The van der Waals surface area contributed by atoms with Gasteiger partial charge in [0.1, 0.15) is 0 Å². The van der Waals surface area contributed by atoms with Crippen LogP contribution in [0.5, 0.6) is 6.01 Å². The summed E-state index contributed by atoms with van der Waals surface area (Å²) in [6.45, 7) is 1.95. The predicted molar refractivity (Wildman–Crippen MR) is 50.6 cm³/mol. The van der Waals surface area contributed by atoms with Crippen molar-refractivity contribution in [1.82, 2.24) is 9.97 Å². The van der Waals surface area contributed by atoms with E-state index in [1.165, 1.54) is 6.07 Å². The fourth-order valence-electron chi connectivity index (χ4n) is 1.21. The molecule has 2 heterocycles. The van der Waals surface area contributed by atoms with E-state index >= 15 is 0 Å². The van der Waals surface area contributed by atoms with Crippen LogP contribution in [0.4, 0.5) is 0 Å². The highest BCUT2D eigenvalue weighted by atomic mass is 16.3. The zero-order valence-electron chi connectivity index (χ0n) is 8.10. The van der Waals surface area contributed by atoms with Gasteiger partial charge in [-0.3, -0.25) is 9.78 Å². The molecule has 0 bridgehead atoms. The highest BCUT2D eigenvalue weighted by Gasteiger charge is 2.07. The molecule has 0 fully saturated rings. The van der Waals surface area contributed by atoms with Gasteiger partial charge in [-0.05, 0) is 29.6 Å². The first kappa shape index (κ1) is 9.39. The molecule has 5 nitrogen and oxygen atoms in total. The number of hydrogen-bond donors (Lipinski definition) is 1. The van der Waals surface area contributed by atoms with Crippen LogP contribution >= 0.6 is 0 Å². The van der Waals surface area contributed by atoms with Gasteiger partial charge in [0, 0.05) is 0 Å². The predicted octanol–water partition coefficient (Wildman–Crippen LogP) is -0.571. The second-order valence-electron chi connectivity index (χ2n) is 3.19. The lowest BCUT2D eigenvalue weighted by Crippen LogP contribution is -2.33. The Bertz CT molecular complexity index is 531. The number of rotatable bonds is 1. The number of aryl methyl sites for hydroxylation is 1. The summed E-state index contributed by atoms with van der Waals surface area (Å²) in [7, 11) is 0. The molecule has 0 aromatic carbocycles. The third-order valence-corrected chi connectivity index (χ3v) is 1.97. The van der Waals surface area contributed by atoms with Gasteiger partial charge in [0.15, 0.2) is 6.01 Å². The molecule has 0 saturated heterocycles. The van der Waals surface area contributed by atoms with E-state index in [0.29, 0.717) is 5.82 Å². The van der Waals surface area contributed by atoms with Crippen molar-refractivity contribution in [2.24, 2.45) is 0 Å². The Kier molecular flexibility index (Phi) is 2.21. The van der Waals surface area contributed by atoms with E-state index in [2.05, 4.69) is 9.97 Å². The van der Waals surface area contributed by atoms with E-state index < -0.39 is 11.6 Å². The summed E-state index contributed by atoms with van der Waals surface area (Å²) in [5.41, 5.74) is 0.650. The van der Waals surface area contributed by atoms with E-state index in [0.717, 1.165) is 5.56 Å². The molecule has 0 spiro atoms. The minimum absolute atomic E-state index is 0.323. The largest absolute Gasteiger partial charge is 0.826 e. The summed E-state index contributed by atoms with van der Waals surface area (Å²) < 4.78 is 1.61. The minimum atomic E-state index is -0.634. The van der Waals surface area contributed by atoms with E-state index in [-0.39, 0.29) is 0 Å². The molecule has 15 heavy (non-hydrogen) atoms. The van der Waals surface area contributed by atoms with Gasteiger partial charge in [-0.2, -0.15) is 0 Å². The molecule has 0 amide bonds. The zero-order chi connectivity index (χ0) is 10.8. The first-order chi connectivity index (χ1) is 7.15. The normalized spacial score (nSPS) is 10.2. The number of nitrogens with zero attached hydrogens (tertiary/aromatic N) is 2. The molecule has 0 unspecified atom stereocenters. The van der Waals surface area contributed by atoms with Crippen molar-refractivity contribution in [3.63, 3.8) is 0 Å². The molecule has 0 atom stereocenters. The van der Waals surface area contributed by atoms with Crippen molar-refractivity contribution in [1.29, 1.82) is 0 Å². The van der Waals surface area contributed by atoms with Gasteiger partial charge in [0.2, 0.25) is 0 Å². The van der Waals surface area contributed by atoms with Crippen molar-refractivity contribution in [3.05, 3.63) is 46.5 Å². The Morgan fingerprint density at radius 3 is 2.67 bits per heavy atom. The van der Waals surface area contributed by atoms with Crippen LogP contribution in [0.1, 0.15) is 5.56 Å². The number of aromatic amines is 1. The van der Waals surface area contributed by atoms with Crippen molar-refractivity contribution >= 4 is 0 Å². The maximum atomic E-state index is 11.0. The molecule has 0 saturated carbocycles. The van der Waals surface area contributed by atoms with Gasteiger partial charge in [-0.1, -0.05) is 0 Å². The van der Waals surface area contributed by atoms with Crippen molar-refractivity contribution in [2.75, 3.05) is 0 Å². The van der Waals surface area contributed by atoms with Crippen LogP contribution in [0.25, 0.3) is 5.82 Å². The smallest absolute Gasteiger partial charge is 0.334 e. The number of hydrogen-bond acceptors (Lipinski definition) is 3. The second-order valence-corrected chi connectivity index (χ2v) is 3.19. The Morgan fingerprint density at radius 2 is 2.07 bits per heavy atom. The molecule has 2 aromatic heterocycles.